The summed E-state index contributed by atoms with van der Waals surface area (Å²) in [6, 6.07) is 10.6. The van der Waals surface area contributed by atoms with Crippen LogP contribution in [-0.2, 0) is 17.8 Å². The van der Waals surface area contributed by atoms with Crippen molar-refractivity contribution in [1.82, 2.24) is 25.0 Å². The number of hydrogen-bond donors (Lipinski definition) is 1. The first-order valence-electron chi connectivity index (χ1n) is 10.1. The molecule has 7 heteroatoms. The number of pyridine rings is 1. The standard InChI is InChI=1S/C22H26FN5O/c1-27-13-10-17(15-27)21-18-6-4-11-25-22(18)28(26-21)14-12-24-20(29)9-8-16-5-2-3-7-19(16)23/h2-7,11,17H,8-10,12-15H2,1H3,(H,24,29)/t17-/m0/s1. The van der Waals surface area contributed by atoms with E-state index in [1.165, 1.54) is 6.07 Å². The Labute approximate surface area is 169 Å². The molecule has 3 heterocycles. The number of nitrogens with one attached hydrogen (secondary N) is 1. The number of rotatable bonds is 7. The minimum Gasteiger partial charge on any atom is -0.354 e. The summed E-state index contributed by atoms with van der Waals surface area (Å²) < 4.78 is 15.6. The summed E-state index contributed by atoms with van der Waals surface area (Å²) in [4.78, 5) is 19.0. The van der Waals surface area contributed by atoms with Gasteiger partial charge in [-0.3, -0.25) is 4.79 Å². The molecule has 0 radical (unpaired) electrons. The number of hydrogen-bond acceptors (Lipinski definition) is 4. The molecule has 1 aliphatic heterocycles. The Balaban J connectivity index is 1.36. The van der Waals surface area contributed by atoms with Crippen LogP contribution >= 0.6 is 0 Å². The highest BCUT2D eigenvalue weighted by Gasteiger charge is 2.26. The molecule has 6 nitrogen and oxygen atoms in total. The second-order valence-corrected chi connectivity index (χ2v) is 7.67. The first-order valence-corrected chi connectivity index (χ1v) is 10.1. The Bertz CT molecular complexity index is 1000. The van der Waals surface area contributed by atoms with Gasteiger partial charge in [-0.1, -0.05) is 18.2 Å². The summed E-state index contributed by atoms with van der Waals surface area (Å²) in [5, 5.41) is 8.84. The largest absolute Gasteiger partial charge is 0.354 e. The lowest BCUT2D eigenvalue weighted by molar-refractivity contribution is -0.121. The maximum atomic E-state index is 13.7. The van der Waals surface area contributed by atoms with E-state index in [0.29, 0.717) is 31.0 Å². The van der Waals surface area contributed by atoms with E-state index in [9.17, 15) is 9.18 Å². The number of nitrogens with zero attached hydrogens (tertiary/aromatic N) is 4. The van der Waals surface area contributed by atoms with Gasteiger partial charge in [0, 0.05) is 37.0 Å². The monoisotopic (exact) mass is 395 g/mol. The van der Waals surface area contributed by atoms with E-state index in [4.69, 9.17) is 5.10 Å². The van der Waals surface area contributed by atoms with Gasteiger partial charge in [0.15, 0.2) is 5.65 Å². The zero-order chi connectivity index (χ0) is 20.2. The van der Waals surface area contributed by atoms with Gasteiger partial charge in [-0.2, -0.15) is 5.10 Å². The van der Waals surface area contributed by atoms with Crippen LogP contribution in [0.15, 0.2) is 42.6 Å². The van der Waals surface area contributed by atoms with Crippen LogP contribution in [0.3, 0.4) is 0 Å². The number of benzene rings is 1. The molecular weight excluding hydrogens is 369 g/mol. The van der Waals surface area contributed by atoms with Crippen molar-refractivity contribution < 1.29 is 9.18 Å². The van der Waals surface area contributed by atoms with Gasteiger partial charge in [0.25, 0.3) is 0 Å². The van der Waals surface area contributed by atoms with Gasteiger partial charge in [-0.05, 0) is 50.2 Å². The molecule has 29 heavy (non-hydrogen) atoms. The van der Waals surface area contributed by atoms with Gasteiger partial charge < -0.3 is 10.2 Å². The van der Waals surface area contributed by atoms with E-state index in [-0.39, 0.29) is 18.1 Å². The number of fused-ring (bicyclic) bond motifs is 1. The van der Waals surface area contributed by atoms with Crippen LogP contribution in [0.2, 0.25) is 0 Å². The van der Waals surface area contributed by atoms with Crippen LogP contribution in [-0.4, -0.2) is 52.3 Å². The number of carbonyl (C=O) groups is 1. The van der Waals surface area contributed by atoms with Crippen molar-refractivity contribution in [2.24, 2.45) is 0 Å². The molecule has 0 aliphatic carbocycles. The molecule has 1 saturated heterocycles. The zero-order valence-electron chi connectivity index (χ0n) is 16.6. The van der Waals surface area contributed by atoms with Crippen molar-refractivity contribution in [1.29, 1.82) is 0 Å². The third-order valence-electron chi connectivity index (χ3n) is 5.54. The minimum atomic E-state index is -0.264. The van der Waals surface area contributed by atoms with Crippen molar-refractivity contribution in [3.05, 3.63) is 59.7 Å². The Morgan fingerprint density at radius 2 is 2.14 bits per heavy atom. The zero-order valence-corrected chi connectivity index (χ0v) is 16.6. The molecule has 2 aromatic heterocycles. The lowest BCUT2D eigenvalue weighted by Gasteiger charge is -2.08. The van der Waals surface area contributed by atoms with Gasteiger partial charge >= 0.3 is 0 Å². The van der Waals surface area contributed by atoms with E-state index in [1.807, 2.05) is 10.7 Å². The van der Waals surface area contributed by atoms with Crippen LogP contribution in [0.1, 0.15) is 30.0 Å². The summed E-state index contributed by atoms with van der Waals surface area (Å²) in [6.07, 6.45) is 3.53. The first-order chi connectivity index (χ1) is 14.1. The Hall–Kier alpha value is -2.80. The molecule has 1 amide bonds. The molecule has 0 spiro atoms. The van der Waals surface area contributed by atoms with Crippen LogP contribution in [0.5, 0.6) is 0 Å². The molecular formula is C22H26FN5O. The summed E-state index contributed by atoms with van der Waals surface area (Å²) in [7, 11) is 2.13. The molecule has 0 bridgehead atoms. The molecule has 1 aliphatic rings. The van der Waals surface area contributed by atoms with E-state index >= 15 is 0 Å². The number of likely N-dealkylation sites (N-methyl/N-ethyl adjacent to an activating group) is 1. The molecule has 4 rings (SSSR count). The summed E-state index contributed by atoms with van der Waals surface area (Å²) >= 11 is 0. The summed E-state index contributed by atoms with van der Waals surface area (Å²) in [5.74, 6) is 0.0677. The second kappa shape index (κ2) is 8.69. The van der Waals surface area contributed by atoms with Gasteiger partial charge in [0.05, 0.1) is 12.2 Å². The molecule has 3 aromatic rings. The number of likely N-dealkylation sites (tertiary alicyclic amines) is 1. The molecule has 0 unspecified atom stereocenters. The van der Waals surface area contributed by atoms with E-state index < -0.39 is 0 Å². The normalized spacial score (nSPS) is 17.1. The lowest BCUT2D eigenvalue weighted by atomic mass is 10.0. The Kier molecular flexibility index (Phi) is 5.85. The second-order valence-electron chi connectivity index (χ2n) is 7.67. The molecule has 0 saturated carbocycles. The fourth-order valence-corrected chi connectivity index (χ4v) is 3.99. The van der Waals surface area contributed by atoms with Crippen molar-refractivity contribution in [2.45, 2.75) is 31.7 Å². The summed E-state index contributed by atoms with van der Waals surface area (Å²) in [5.41, 5.74) is 2.53. The maximum absolute atomic E-state index is 13.7. The fraction of sp³-hybridized carbons (Fsp3) is 0.409. The number of aromatic nitrogens is 3. The van der Waals surface area contributed by atoms with Crippen molar-refractivity contribution in [3.63, 3.8) is 0 Å². The third-order valence-corrected chi connectivity index (χ3v) is 5.54. The van der Waals surface area contributed by atoms with Gasteiger partial charge in [0.2, 0.25) is 5.91 Å². The smallest absolute Gasteiger partial charge is 0.220 e. The number of amides is 1. The summed E-state index contributed by atoms with van der Waals surface area (Å²) in [6.45, 7) is 3.11. The molecule has 1 N–H and O–H groups in total. The van der Waals surface area contributed by atoms with Crippen molar-refractivity contribution in [3.8, 4) is 0 Å². The SMILES string of the molecule is CN1CC[C@H](c2nn(CCNC(=O)CCc3ccccc3F)c3ncccc23)C1. The predicted octanol–water partition coefficient (Wildman–Crippen LogP) is 2.74. The van der Waals surface area contributed by atoms with E-state index in [1.54, 1.807) is 24.4 Å². The lowest BCUT2D eigenvalue weighted by Crippen LogP contribution is -2.27. The van der Waals surface area contributed by atoms with Crippen LogP contribution in [0.4, 0.5) is 4.39 Å². The van der Waals surface area contributed by atoms with Crippen LogP contribution in [0, 0.1) is 5.82 Å². The average molecular weight is 395 g/mol. The first kappa shape index (κ1) is 19.5. The van der Waals surface area contributed by atoms with E-state index in [0.717, 1.165) is 36.2 Å². The molecule has 1 fully saturated rings. The Morgan fingerprint density at radius 1 is 1.28 bits per heavy atom. The Morgan fingerprint density at radius 3 is 2.93 bits per heavy atom. The minimum absolute atomic E-state index is 0.0877. The van der Waals surface area contributed by atoms with Gasteiger partial charge in [-0.25, -0.2) is 14.1 Å². The molecule has 1 aromatic carbocycles. The maximum Gasteiger partial charge on any atom is 0.220 e. The quantitative estimate of drug-likeness (QED) is 0.668. The average Bonchev–Trinajstić information content (AvgIpc) is 3.31. The number of carbonyl (C=O) groups excluding carboxylic acids is 1. The van der Waals surface area contributed by atoms with Crippen LogP contribution in [0.25, 0.3) is 11.0 Å². The van der Waals surface area contributed by atoms with Crippen LogP contribution < -0.4 is 5.32 Å². The highest BCUT2D eigenvalue weighted by Crippen LogP contribution is 2.30. The molecule has 152 valence electrons. The number of halogens is 1. The van der Waals surface area contributed by atoms with Crippen molar-refractivity contribution >= 4 is 16.9 Å². The predicted molar refractivity (Wildman–Crippen MR) is 110 cm³/mol. The van der Waals surface area contributed by atoms with Gasteiger partial charge in [-0.15, -0.1) is 0 Å². The van der Waals surface area contributed by atoms with E-state index in [2.05, 4.69) is 28.3 Å². The third kappa shape index (κ3) is 4.45. The molecule has 1 atom stereocenters. The number of aryl methyl sites for hydroxylation is 1. The highest BCUT2D eigenvalue weighted by molar-refractivity contribution is 5.79. The topological polar surface area (TPSA) is 63.1 Å². The van der Waals surface area contributed by atoms with Gasteiger partial charge in [0.1, 0.15) is 5.82 Å². The fourth-order valence-electron chi connectivity index (χ4n) is 3.99. The highest BCUT2D eigenvalue weighted by atomic mass is 19.1. The van der Waals surface area contributed by atoms with Crippen molar-refractivity contribution in [2.75, 3.05) is 26.7 Å².